The maximum absolute atomic E-state index is 11.7. The molecule has 0 atom stereocenters. The summed E-state index contributed by atoms with van der Waals surface area (Å²) in [6, 6.07) is 18.6. The molecule has 0 heterocycles. The van der Waals surface area contributed by atoms with Crippen molar-refractivity contribution in [2.24, 2.45) is 0 Å². The number of aliphatic carboxylic acids is 1. The highest BCUT2D eigenvalue weighted by molar-refractivity contribution is 5.90. The van der Waals surface area contributed by atoms with Crippen LogP contribution in [-0.2, 0) is 14.3 Å². The quantitative estimate of drug-likeness (QED) is 0.676. The van der Waals surface area contributed by atoms with Gasteiger partial charge in [-0.25, -0.2) is 9.59 Å². The third-order valence-corrected chi connectivity index (χ3v) is 2.80. The summed E-state index contributed by atoms with van der Waals surface area (Å²) in [4.78, 5) is 22.2. The zero-order valence-corrected chi connectivity index (χ0v) is 11.2. The number of carboxylic acids is 1. The third-order valence-electron chi connectivity index (χ3n) is 2.80. The molecule has 2 rings (SSSR count). The predicted molar refractivity (Wildman–Crippen MR) is 77.6 cm³/mol. The zero-order chi connectivity index (χ0) is 15.1. The minimum Gasteiger partial charge on any atom is -0.478 e. The Balaban J connectivity index is 2.25. The van der Waals surface area contributed by atoms with E-state index in [1.165, 1.54) is 0 Å². The van der Waals surface area contributed by atoms with E-state index in [9.17, 15) is 9.59 Å². The molecular weight excluding hydrogens is 268 g/mol. The fraction of sp³-hybridized carbons (Fsp3) is 0.0588. The molecule has 0 spiro atoms. The fourth-order valence-corrected chi connectivity index (χ4v) is 1.88. The first-order chi connectivity index (χ1) is 10.2. The lowest BCUT2D eigenvalue weighted by Crippen LogP contribution is -2.11. The Labute approximate surface area is 122 Å². The summed E-state index contributed by atoms with van der Waals surface area (Å²) in [6.07, 6.45) is 1.09. The van der Waals surface area contributed by atoms with Gasteiger partial charge in [0.1, 0.15) is 0 Å². The van der Waals surface area contributed by atoms with Crippen molar-refractivity contribution < 1.29 is 19.4 Å². The van der Waals surface area contributed by atoms with Crippen LogP contribution in [0.3, 0.4) is 0 Å². The number of carboxylic acid groups (broad SMARTS) is 1. The van der Waals surface area contributed by atoms with Crippen molar-refractivity contribution in [3.8, 4) is 0 Å². The van der Waals surface area contributed by atoms with E-state index in [1.54, 1.807) is 0 Å². The van der Waals surface area contributed by atoms with Gasteiger partial charge in [-0.3, -0.25) is 0 Å². The first-order valence-corrected chi connectivity index (χ1v) is 6.38. The SMILES string of the molecule is O=C(O)/C=C/C(=O)OC(c1ccccc1)c1ccccc1. The van der Waals surface area contributed by atoms with Crippen LogP contribution < -0.4 is 0 Å². The van der Waals surface area contributed by atoms with E-state index in [4.69, 9.17) is 9.84 Å². The van der Waals surface area contributed by atoms with Gasteiger partial charge in [-0.1, -0.05) is 60.7 Å². The molecule has 0 aliphatic heterocycles. The van der Waals surface area contributed by atoms with Crippen molar-refractivity contribution in [3.63, 3.8) is 0 Å². The number of carbonyl (C=O) groups is 2. The number of ether oxygens (including phenoxy) is 1. The number of hydrogen-bond donors (Lipinski definition) is 1. The molecule has 0 aliphatic carbocycles. The van der Waals surface area contributed by atoms with E-state index >= 15 is 0 Å². The molecule has 0 unspecified atom stereocenters. The molecule has 2 aromatic rings. The summed E-state index contributed by atoms with van der Waals surface area (Å²) in [5.74, 6) is -1.89. The van der Waals surface area contributed by atoms with E-state index in [-0.39, 0.29) is 0 Å². The maximum atomic E-state index is 11.7. The minimum absolute atomic E-state index is 0.571. The molecule has 106 valence electrons. The second-order valence-electron chi connectivity index (χ2n) is 4.31. The molecule has 0 saturated heterocycles. The van der Waals surface area contributed by atoms with Gasteiger partial charge >= 0.3 is 11.9 Å². The van der Waals surface area contributed by atoms with Crippen molar-refractivity contribution in [2.45, 2.75) is 6.10 Å². The summed E-state index contributed by atoms with van der Waals surface area (Å²) in [5, 5.41) is 8.54. The highest BCUT2D eigenvalue weighted by Gasteiger charge is 2.17. The molecule has 0 radical (unpaired) electrons. The Morgan fingerprint density at radius 2 is 1.33 bits per heavy atom. The van der Waals surface area contributed by atoms with Crippen LogP contribution in [0.15, 0.2) is 72.8 Å². The molecule has 21 heavy (non-hydrogen) atoms. The first-order valence-electron chi connectivity index (χ1n) is 6.38. The van der Waals surface area contributed by atoms with Gasteiger partial charge < -0.3 is 9.84 Å². The summed E-state index contributed by atoms with van der Waals surface area (Å²) < 4.78 is 5.38. The predicted octanol–water partition coefficient (Wildman–Crippen LogP) is 2.96. The van der Waals surface area contributed by atoms with Crippen molar-refractivity contribution in [1.82, 2.24) is 0 Å². The fourth-order valence-electron chi connectivity index (χ4n) is 1.88. The number of hydrogen-bond acceptors (Lipinski definition) is 3. The van der Waals surface area contributed by atoms with Crippen LogP contribution in [0.1, 0.15) is 17.2 Å². The van der Waals surface area contributed by atoms with Crippen LogP contribution in [0.5, 0.6) is 0 Å². The molecular formula is C17H14O4. The number of benzene rings is 2. The van der Waals surface area contributed by atoms with Gasteiger partial charge in [-0.2, -0.15) is 0 Å². The highest BCUT2D eigenvalue weighted by Crippen LogP contribution is 2.25. The van der Waals surface area contributed by atoms with Crippen LogP contribution in [0.25, 0.3) is 0 Å². The lowest BCUT2D eigenvalue weighted by atomic mass is 10.0. The standard InChI is InChI=1S/C17H14O4/c18-15(19)11-12-16(20)21-17(13-7-3-1-4-8-13)14-9-5-2-6-10-14/h1-12,17H,(H,18,19)/b12-11+. The molecule has 4 nitrogen and oxygen atoms in total. The summed E-state index contributed by atoms with van der Waals surface area (Å²) in [6.45, 7) is 0. The lowest BCUT2D eigenvalue weighted by Gasteiger charge is -2.17. The molecule has 0 fully saturated rings. The van der Waals surface area contributed by atoms with Crippen LogP contribution in [0.2, 0.25) is 0 Å². The highest BCUT2D eigenvalue weighted by atomic mass is 16.5. The van der Waals surface area contributed by atoms with Crippen molar-refractivity contribution in [3.05, 3.63) is 83.9 Å². The Morgan fingerprint density at radius 1 is 0.857 bits per heavy atom. The van der Waals surface area contributed by atoms with E-state index in [0.29, 0.717) is 0 Å². The average Bonchev–Trinajstić information content (AvgIpc) is 2.52. The third kappa shape index (κ3) is 4.31. The molecule has 4 heteroatoms. The topological polar surface area (TPSA) is 63.6 Å². The monoisotopic (exact) mass is 282 g/mol. The summed E-state index contributed by atoms with van der Waals surface area (Å²) in [5.41, 5.74) is 1.64. The van der Waals surface area contributed by atoms with Crippen molar-refractivity contribution in [2.75, 3.05) is 0 Å². The largest absolute Gasteiger partial charge is 0.478 e. The van der Waals surface area contributed by atoms with E-state index < -0.39 is 18.0 Å². The lowest BCUT2D eigenvalue weighted by molar-refractivity contribution is -0.142. The van der Waals surface area contributed by atoms with Crippen LogP contribution in [-0.4, -0.2) is 17.0 Å². The van der Waals surface area contributed by atoms with Crippen LogP contribution >= 0.6 is 0 Å². The molecule has 0 bridgehead atoms. The van der Waals surface area contributed by atoms with Crippen LogP contribution in [0.4, 0.5) is 0 Å². The van der Waals surface area contributed by atoms with E-state index in [0.717, 1.165) is 23.3 Å². The second kappa shape index (κ2) is 7.05. The smallest absolute Gasteiger partial charge is 0.331 e. The summed E-state index contributed by atoms with van der Waals surface area (Å²) >= 11 is 0. The van der Waals surface area contributed by atoms with E-state index in [2.05, 4.69) is 0 Å². The molecule has 0 aliphatic rings. The van der Waals surface area contributed by atoms with Gasteiger partial charge in [-0.15, -0.1) is 0 Å². The first kappa shape index (κ1) is 14.5. The second-order valence-corrected chi connectivity index (χ2v) is 4.31. The van der Waals surface area contributed by atoms with Gasteiger partial charge in [-0.05, 0) is 11.1 Å². The maximum Gasteiger partial charge on any atom is 0.331 e. The van der Waals surface area contributed by atoms with Gasteiger partial charge in [0.25, 0.3) is 0 Å². The Hall–Kier alpha value is -2.88. The van der Waals surface area contributed by atoms with Crippen LogP contribution in [0, 0.1) is 0 Å². The van der Waals surface area contributed by atoms with Gasteiger partial charge in [0, 0.05) is 12.2 Å². The summed E-state index contributed by atoms with van der Waals surface area (Å²) in [7, 11) is 0. The normalized spacial score (nSPS) is 10.7. The minimum atomic E-state index is -1.19. The Bertz CT molecular complexity index is 593. The number of rotatable bonds is 5. The average molecular weight is 282 g/mol. The Morgan fingerprint density at radius 3 is 1.76 bits per heavy atom. The number of carbonyl (C=O) groups excluding carboxylic acids is 1. The zero-order valence-electron chi connectivity index (χ0n) is 11.2. The van der Waals surface area contributed by atoms with Crippen molar-refractivity contribution in [1.29, 1.82) is 0 Å². The number of esters is 1. The molecule has 0 aromatic heterocycles. The molecule has 0 saturated carbocycles. The Kier molecular flexibility index (Phi) is 4.88. The molecule has 0 amide bonds. The van der Waals surface area contributed by atoms with Gasteiger partial charge in [0.2, 0.25) is 0 Å². The van der Waals surface area contributed by atoms with Gasteiger partial charge in [0.05, 0.1) is 0 Å². The molecule has 2 aromatic carbocycles. The van der Waals surface area contributed by atoms with E-state index in [1.807, 2.05) is 60.7 Å². The van der Waals surface area contributed by atoms with Crippen molar-refractivity contribution >= 4 is 11.9 Å². The van der Waals surface area contributed by atoms with Gasteiger partial charge in [0.15, 0.2) is 6.10 Å². The molecule has 1 N–H and O–H groups in total.